The Morgan fingerprint density at radius 2 is 1.86 bits per heavy atom. The van der Waals surface area contributed by atoms with Gasteiger partial charge in [-0.05, 0) is 36.4 Å². The van der Waals surface area contributed by atoms with E-state index in [1.807, 2.05) is 0 Å². The van der Waals surface area contributed by atoms with Crippen LogP contribution < -0.4 is 0 Å². The standard InChI is InChI=1S/C24H39NO3Si/c1-24(2,3)22(28-29(4)5)20-16-25(15-19(20)18-12-7-6-8-13-18)21(23(26)27)14-17-10-9-11-17/h6-8,12-13,17,19-22,29H,9-11,14-16H2,1-5H3,(H,26,27)/t19?,20?,21?,22-/m1/s1. The Morgan fingerprint density at radius 3 is 2.34 bits per heavy atom. The van der Waals surface area contributed by atoms with Crippen LogP contribution in [0.5, 0.6) is 0 Å². The molecule has 1 N–H and O–H groups in total. The summed E-state index contributed by atoms with van der Waals surface area (Å²) in [4.78, 5) is 14.4. The van der Waals surface area contributed by atoms with Crippen molar-refractivity contribution < 1.29 is 14.3 Å². The zero-order valence-corrected chi connectivity index (χ0v) is 20.0. The summed E-state index contributed by atoms with van der Waals surface area (Å²) >= 11 is 0. The van der Waals surface area contributed by atoms with E-state index in [2.05, 4.69) is 69.1 Å². The van der Waals surface area contributed by atoms with Gasteiger partial charge < -0.3 is 9.53 Å². The zero-order valence-electron chi connectivity index (χ0n) is 18.8. The van der Waals surface area contributed by atoms with Gasteiger partial charge in [-0.1, -0.05) is 70.4 Å². The monoisotopic (exact) mass is 417 g/mol. The van der Waals surface area contributed by atoms with E-state index in [0.29, 0.717) is 17.8 Å². The van der Waals surface area contributed by atoms with Crippen molar-refractivity contribution in [1.82, 2.24) is 4.90 Å². The predicted molar refractivity (Wildman–Crippen MR) is 121 cm³/mol. The second-order valence-corrected chi connectivity index (χ2v) is 12.9. The SMILES string of the molecule is C[SiH](C)O[C@H](C1CN(C(CC2CCC2)C(=O)O)CC1c1ccccc1)C(C)(C)C. The maximum absolute atomic E-state index is 12.2. The molecule has 2 fully saturated rings. The molecule has 5 heteroatoms. The molecular weight excluding hydrogens is 378 g/mol. The van der Waals surface area contributed by atoms with E-state index in [4.69, 9.17) is 4.43 Å². The van der Waals surface area contributed by atoms with Crippen molar-refractivity contribution in [3.63, 3.8) is 0 Å². The minimum Gasteiger partial charge on any atom is -0.480 e. The third kappa shape index (κ3) is 5.50. The summed E-state index contributed by atoms with van der Waals surface area (Å²) in [6.07, 6.45) is 4.57. The third-order valence-corrected chi connectivity index (χ3v) is 7.63. The molecule has 2 aliphatic rings. The Labute approximate surface area is 178 Å². The van der Waals surface area contributed by atoms with Gasteiger partial charge in [0, 0.05) is 24.9 Å². The van der Waals surface area contributed by atoms with E-state index < -0.39 is 15.0 Å². The largest absolute Gasteiger partial charge is 0.480 e. The lowest BCUT2D eigenvalue weighted by molar-refractivity contribution is -0.144. The van der Waals surface area contributed by atoms with Crippen LogP contribution in [-0.2, 0) is 9.22 Å². The average molecular weight is 418 g/mol. The first-order chi connectivity index (χ1) is 13.7. The highest BCUT2D eigenvalue weighted by molar-refractivity contribution is 6.48. The third-order valence-electron chi connectivity index (χ3n) is 6.79. The van der Waals surface area contributed by atoms with Crippen molar-refractivity contribution in [2.24, 2.45) is 17.3 Å². The Morgan fingerprint density at radius 1 is 1.21 bits per heavy atom. The van der Waals surface area contributed by atoms with Crippen LogP contribution in [0.4, 0.5) is 0 Å². The van der Waals surface area contributed by atoms with Crippen LogP contribution in [0.1, 0.15) is 57.9 Å². The maximum atomic E-state index is 12.2. The van der Waals surface area contributed by atoms with Crippen molar-refractivity contribution in [3.05, 3.63) is 35.9 Å². The highest BCUT2D eigenvalue weighted by Crippen LogP contribution is 2.43. The van der Waals surface area contributed by atoms with Crippen molar-refractivity contribution in [1.29, 1.82) is 0 Å². The number of aliphatic carboxylic acids is 1. The molecule has 0 spiro atoms. The first-order valence-corrected chi connectivity index (χ1v) is 14.1. The highest BCUT2D eigenvalue weighted by atomic mass is 28.3. The minimum absolute atomic E-state index is 0.0255. The van der Waals surface area contributed by atoms with Gasteiger partial charge in [-0.25, -0.2) is 0 Å². The van der Waals surface area contributed by atoms with Gasteiger partial charge in [-0.15, -0.1) is 0 Å². The number of carboxylic acid groups (broad SMARTS) is 1. The molecule has 1 aromatic carbocycles. The fraction of sp³-hybridized carbons (Fsp3) is 0.708. The Balaban J connectivity index is 1.89. The molecule has 1 saturated carbocycles. The Hall–Kier alpha value is -1.17. The van der Waals surface area contributed by atoms with Crippen LogP contribution in [0.15, 0.2) is 30.3 Å². The van der Waals surface area contributed by atoms with Gasteiger partial charge in [0.25, 0.3) is 0 Å². The van der Waals surface area contributed by atoms with Crippen LogP contribution >= 0.6 is 0 Å². The number of likely N-dealkylation sites (tertiary alicyclic amines) is 1. The molecule has 3 rings (SSSR count). The average Bonchev–Trinajstić information content (AvgIpc) is 3.02. The summed E-state index contributed by atoms with van der Waals surface area (Å²) < 4.78 is 6.62. The number of rotatable bonds is 8. The summed E-state index contributed by atoms with van der Waals surface area (Å²) in [5.41, 5.74) is 1.34. The fourth-order valence-electron chi connectivity index (χ4n) is 5.17. The molecular formula is C24H39NO3Si. The highest BCUT2D eigenvalue weighted by Gasteiger charge is 2.46. The van der Waals surface area contributed by atoms with E-state index in [9.17, 15) is 9.90 Å². The van der Waals surface area contributed by atoms with Gasteiger partial charge in [0.1, 0.15) is 6.04 Å². The smallest absolute Gasteiger partial charge is 0.320 e. The lowest BCUT2D eigenvalue weighted by atomic mass is 9.75. The second-order valence-electron chi connectivity index (χ2n) is 10.5. The summed E-state index contributed by atoms with van der Waals surface area (Å²) in [5.74, 6) is 0.561. The quantitative estimate of drug-likeness (QED) is 0.620. The van der Waals surface area contributed by atoms with Gasteiger partial charge >= 0.3 is 5.97 Å². The molecule has 3 unspecified atom stereocenters. The lowest BCUT2D eigenvalue weighted by Gasteiger charge is -2.39. The van der Waals surface area contributed by atoms with Crippen LogP contribution in [0, 0.1) is 17.3 Å². The van der Waals surface area contributed by atoms with Crippen molar-refractivity contribution in [2.75, 3.05) is 13.1 Å². The minimum atomic E-state index is -1.22. The number of carbonyl (C=O) groups is 1. The fourth-order valence-corrected chi connectivity index (χ4v) is 6.36. The molecule has 1 saturated heterocycles. The van der Waals surface area contributed by atoms with Gasteiger partial charge in [-0.3, -0.25) is 9.69 Å². The summed E-state index contributed by atoms with van der Waals surface area (Å²) in [5, 5.41) is 10.0. The molecule has 0 amide bonds. The number of hydrogen-bond acceptors (Lipinski definition) is 3. The van der Waals surface area contributed by atoms with Crippen LogP contribution in [-0.4, -0.2) is 50.3 Å². The molecule has 1 aliphatic heterocycles. The molecule has 1 aliphatic carbocycles. The molecule has 1 aromatic rings. The van der Waals surface area contributed by atoms with Gasteiger partial charge in [0.05, 0.1) is 6.10 Å². The van der Waals surface area contributed by atoms with E-state index in [-0.39, 0.29) is 17.6 Å². The topological polar surface area (TPSA) is 49.8 Å². The van der Waals surface area contributed by atoms with E-state index in [1.165, 1.54) is 24.8 Å². The Bertz CT molecular complexity index is 668. The van der Waals surface area contributed by atoms with Gasteiger partial charge in [-0.2, -0.15) is 0 Å². The summed E-state index contributed by atoms with van der Waals surface area (Å²) in [7, 11) is -1.22. The van der Waals surface area contributed by atoms with E-state index in [1.54, 1.807) is 0 Å². The van der Waals surface area contributed by atoms with Crippen molar-refractivity contribution in [2.45, 2.75) is 77.6 Å². The van der Waals surface area contributed by atoms with Crippen molar-refractivity contribution in [3.8, 4) is 0 Å². The van der Waals surface area contributed by atoms with Crippen LogP contribution in [0.3, 0.4) is 0 Å². The van der Waals surface area contributed by atoms with E-state index >= 15 is 0 Å². The molecule has 0 aromatic heterocycles. The Kier molecular flexibility index (Phi) is 7.23. The first kappa shape index (κ1) is 22.5. The number of benzene rings is 1. The molecule has 29 heavy (non-hydrogen) atoms. The zero-order chi connectivity index (χ0) is 21.2. The predicted octanol–water partition coefficient (Wildman–Crippen LogP) is 4.76. The normalized spacial score (nSPS) is 25.7. The first-order valence-electron chi connectivity index (χ1n) is 11.3. The summed E-state index contributed by atoms with van der Waals surface area (Å²) in [6.45, 7) is 12.9. The molecule has 0 bridgehead atoms. The molecule has 162 valence electrons. The molecule has 0 radical (unpaired) electrons. The van der Waals surface area contributed by atoms with Gasteiger partial charge in [0.2, 0.25) is 0 Å². The van der Waals surface area contributed by atoms with Crippen molar-refractivity contribution >= 4 is 15.0 Å². The second kappa shape index (κ2) is 9.32. The number of hydrogen-bond donors (Lipinski definition) is 1. The van der Waals surface area contributed by atoms with Crippen LogP contribution in [0.2, 0.25) is 13.1 Å². The van der Waals surface area contributed by atoms with Crippen LogP contribution in [0.25, 0.3) is 0 Å². The number of nitrogens with zero attached hydrogens (tertiary/aromatic N) is 1. The molecule has 4 nitrogen and oxygen atoms in total. The molecule has 1 heterocycles. The molecule has 4 atom stereocenters. The lowest BCUT2D eigenvalue weighted by Crippen LogP contribution is -2.45. The summed E-state index contributed by atoms with van der Waals surface area (Å²) in [6, 6.07) is 10.3. The maximum Gasteiger partial charge on any atom is 0.320 e. The van der Waals surface area contributed by atoms with Gasteiger partial charge in [0.15, 0.2) is 9.04 Å². The van der Waals surface area contributed by atoms with E-state index in [0.717, 1.165) is 19.5 Å². The number of carboxylic acids is 1.